The van der Waals surface area contributed by atoms with Gasteiger partial charge in [-0.25, -0.2) is 4.68 Å². The first-order valence-corrected chi connectivity index (χ1v) is 5.69. The molecule has 1 N–H and O–H groups in total. The molecule has 0 bridgehead atoms. The van der Waals surface area contributed by atoms with Crippen LogP contribution in [0.5, 0.6) is 0 Å². The fourth-order valence-electron chi connectivity index (χ4n) is 1.70. The van der Waals surface area contributed by atoms with E-state index in [4.69, 9.17) is 0 Å². The highest BCUT2D eigenvalue weighted by Gasteiger charge is 2.30. The van der Waals surface area contributed by atoms with Crippen LogP contribution in [0.2, 0.25) is 0 Å². The van der Waals surface area contributed by atoms with Crippen molar-refractivity contribution in [2.75, 3.05) is 7.05 Å². The first kappa shape index (κ1) is 13.5. The molecule has 1 atom stereocenters. The van der Waals surface area contributed by atoms with Crippen LogP contribution in [0.1, 0.15) is 24.2 Å². The Hall–Kier alpha value is -1.89. The van der Waals surface area contributed by atoms with E-state index in [1.165, 1.54) is 16.9 Å². The van der Waals surface area contributed by atoms with Crippen molar-refractivity contribution >= 4 is 0 Å². The fraction of sp³-hybridized carbons (Fsp3) is 0.333. The number of halogens is 3. The fourth-order valence-corrected chi connectivity index (χ4v) is 1.70. The van der Waals surface area contributed by atoms with Crippen LogP contribution < -0.4 is 5.32 Å². The van der Waals surface area contributed by atoms with Gasteiger partial charge in [-0.1, -0.05) is 11.3 Å². The van der Waals surface area contributed by atoms with Crippen LogP contribution in [0.3, 0.4) is 0 Å². The number of alkyl halides is 3. The molecular weight excluding hydrogens is 257 g/mol. The molecule has 0 amide bonds. The third-order valence-corrected chi connectivity index (χ3v) is 2.87. The minimum Gasteiger partial charge on any atom is -0.312 e. The number of nitrogens with one attached hydrogen (secondary N) is 1. The zero-order valence-corrected chi connectivity index (χ0v) is 10.4. The maximum Gasteiger partial charge on any atom is 0.416 e. The standard InChI is InChI=1S/C12H13F3N4/c1-8(16-2)11-7-17-18-19(11)10-5-3-4-9(6-10)12(13,14)15/h3-8,16H,1-2H3. The zero-order valence-electron chi connectivity index (χ0n) is 10.4. The average Bonchev–Trinajstić information content (AvgIpc) is 2.86. The summed E-state index contributed by atoms with van der Waals surface area (Å²) < 4.78 is 39.4. The van der Waals surface area contributed by atoms with Crippen molar-refractivity contribution in [2.45, 2.75) is 19.1 Å². The average molecular weight is 270 g/mol. The quantitative estimate of drug-likeness (QED) is 0.932. The summed E-state index contributed by atoms with van der Waals surface area (Å²) >= 11 is 0. The van der Waals surface area contributed by atoms with Gasteiger partial charge >= 0.3 is 6.18 Å². The molecular formula is C12H13F3N4. The van der Waals surface area contributed by atoms with Crippen molar-refractivity contribution in [3.8, 4) is 5.69 Å². The highest BCUT2D eigenvalue weighted by molar-refractivity contribution is 5.37. The molecule has 1 unspecified atom stereocenters. The van der Waals surface area contributed by atoms with Crippen molar-refractivity contribution in [1.82, 2.24) is 20.3 Å². The molecule has 102 valence electrons. The van der Waals surface area contributed by atoms with Crippen LogP contribution >= 0.6 is 0 Å². The Kier molecular flexibility index (Phi) is 3.57. The van der Waals surface area contributed by atoms with Gasteiger partial charge in [0.25, 0.3) is 0 Å². The van der Waals surface area contributed by atoms with Gasteiger partial charge in [-0.15, -0.1) is 5.10 Å². The van der Waals surface area contributed by atoms with Crippen LogP contribution in [-0.2, 0) is 6.18 Å². The minimum absolute atomic E-state index is 0.0652. The lowest BCUT2D eigenvalue weighted by molar-refractivity contribution is -0.137. The Morgan fingerprint density at radius 1 is 1.32 bits per heavy atom. The first-order valence-electron chi connectivity index (χ1n) is 5.69. The Morgan fingerprint density at radius 2 is 2.05 bits per heavy atom. The molecule has 0 fully saturated rings. The van der Waals surface area contributed by atoms with Crippen molar-refractivity contribution in [2.24, 2.45) is 0 Å². The van der Waals surface area contributed by atoms with E-state index in [2.05, 4.69) is 15.6 Å². The number of aromatic nitrogens is 3. The molecule has 2 aromatic rings. The summed E-state index contributed by atoms with van der Waals surface area (Å²) in [6.45, 7) is 1.88. The SMILES string of the molecule is CNC(C)c1cnnn1-c1cccc(C(F)(F)F)c1. The highest BCUT2D eigenvalue weighted by atomic mass is 19.4. The van der Waals surface area contributed by atoms with Gasteiger partial charge in [0.1, 0.15) is 0 Å². The summed E-state index contributed by atoms with van der Waals surface area (Å²) in [5.41, 5.74) is 0.329. The lowest BCUT2D eigenvalue weighted by atomic mass is 10.2. The van der Waals surface area contributed by atoms with E-state index in [-0.39, 0.29) is 6.04 Å². The van der Waals surface area contributed by atoms with E-state index in [9.17, 15) is 13.2 Å². The van der Waals surface area contributed by atoms with Gasteiger partial charge in [-0.3, -0.25) is 0 Å². The Bertz CT molecular complexity index is 562. The van der Waals surface area contributed by atoms with E-state index >= 15 is 0 Å². The molecule has 0 saturated carbocycles. The number of nitrogens with zero attached hydrogens (tertiary/aromatic N) is 3. The van der Waals surface area contributed by atoms with Gasteiger partial charge in [-0.2, -0.15) is 13.2 Å². The maximum absolute atomic E-state index is 12.7. The molecule has 1 aromatic heterocycles. The lowest BCUT2D eigenvalue weighted by Crippen LogP contribution is -2.17. The van der Waals surface area contributed by atoms with Gasteiger partial charge in [-0.05, 0) is 32.2 Å². The molecule has 0 radical (unpaired) electrons. The van der Waals surface area contributed by atoms with Crippen LogP contribution in [0, 0.1) is 0 Å². The predicted octanol–water partition coefficient (Wildman–Crippen LogP) is 2.57. The van der Waals surface area contributed by atoms with E-state index in [1.54, 1.807) is 13.1 Å². The summed E-state index contributed by atoms with van der Waals surface area (Å²) in [5.74, 6) is 0. The van der Waals surface area contributed by atoms with Crippen molar-refractivity contribution in [1.29, 1.82) is 0 Å². The molecule has 1 heterocycles. The van der Waals surface area contributed by atoms with Crippen molar-refractivity contribution < 1.29 is 13.2 Å². The number of benzene rings is 1. The highest BCUT2D eigenvalue weighted by Crippen LogP contribution is 2.30. The molecule has 7 heteroatoms. The summed E-state index contributed by atoms with van der Waals surface area (Å²) in [5, 5.41) is 10.6. The third kappa shape index (κ3) is 2.76. The molecule has 2 rings (SSSR count). The van der Waals surface area contributed by atoms with Gasteiger partial charge in [0.2, 0.25) is 0 Å². The molecule has 1 aromatic carbocycles. The largest absolute Gasteiger partial charge is 0.416 e. The molecule has 4 nitrogen and oxygen atoms in total. The van der Waals surface area contributed by atoms with Crippen molar-refractivity contribution in [3.63, 3.8) is 0 Å². The topological polar surface area (TPSA) is 42.7 Å². The number of rotatable bonds is 3. The Labute approximate surface area is 108 Å². The maximum atomic E-state index is 12.7. The minimum atomic E-state index is -4.37. The molecule has 0 saturated heterocycles. The van der Waals surface area contributed by atoms with Crippen LogP contribution in [0.4, 0.5) is 13.2 Å². The predicted molar refractivity (Wildman–Crippen MR) is 63.8 cm³/mol. The second-order valence-corrected chi connectivity index (χ2v) is 4.13. The second-order valence-electron chi connectivity index (χ2n) is 4.13. The monoisotopic (exact) mass is 270 g/mol. The zero-order chi connectivity index (χ0) is 14.0. The number of hydrogen-bond acceptors (Lipinski definition) is 3. The molecule has 0 spiro atoms. The third-order valence-electron chi connectivity index (χ3n) is 2.87. The van der Waals surface area contributed by atoms with E-state index in [0.29, 0.717) is 11.4 Å². The Balaban J connectivity index is 2.46. The normalized spacial score (nSPS) is 13.5. The lowest BCUT2D eigenvalue weighted by Gasteiger charge is -2.13. The van der Waals surface area contributed by atoms with Gasteiger partial charge < -0.3 is 5.32 Å². The molecule has 0 aliphatic carbocycles. The van der Waals surface area contributed by atoms with Crippen LogP contribution in [-0.4, -0.2) is 22.0 Å². The van der Waals surface area contributed by atoms with E-state index < -0.39 is 11.7 Å². The summed E-state index contributed by atoms with van der Waals surface area (Å²) in [7, 11) is 1.76. The van der Waals surface area contributed by atoms with Gasteiger partial charge in [0.15, 0.2) is 0 Å². The molecule has 0 aliphatic rings. The summed E-state index contributed by atoms with van der Waals surface area (Å²) in [4.78, 5) is 0. The van der Waals surface area contributed by atoms with Crippen LogP contribution in [0.15, 0.2) is 30.5 Å². The van der Waals surface area contributed by atoms with Crippen molar-refractivity contribution in [3.05, 3.63) is 41.7 Å². The summed E-state index contributed by atoms with van der Waals surface area (Å²) in [6.07, 6.45) is -2.84. The van der Waals surface area contributed by atoms with E-state index in [0.717, 1.165) is 12.1 Å². The number of hydrogen-bond donors (Lipinski definition) is 1. The summed E-state index contributed by atoms with van der Waals surface area (Å²) in [6, 6.07) is 4.94. The van der Waals surface area contributed by atoms with Gasteiger partial charge in [0.05, 0.1) is 23.1 Å². The molecule has 19 heavy (non-hydrogen) atoms. The smallest absolute Gasteiger partial charge is 0.312 e. The van der Waals surface area contributed by atoms with Crippen LogP contribution in [0.25, 0.3) is 5.69 Å². The molecule has 0 aliphatic heterocycles. The van der Waals surface area contributed by atoms with Gasteiger partial charge in [0, 0.05) is 6.04 Å². The second kappa shape index (κ2) is 5.00. The van der Waals surface area contributed by atoms with E-state index in [1.807, 2.05) is 6.92 Å². The Morgan fingerprint density at radius 3 is 2.68 bits per heavy atom. The first-order chi connectivity index (χ1) is 8.93.